The minimum absolute atomic E-state index is 0.373. The molecule has 20 heavy (non-hydrogen) atoms. The van der Waals surface area contributed by atoms with Crippen LogP contribution >= 0.6 is 11.8 Å². The van der Waals surface area contributed by atoms with Gasteiger partial charge in [-0.1, -0.05) is 13.8 Å². The number of esters is 1. The molecule has 110 valence electrons. The van der Waals surface area contributed by atoms with Crippen molar-refractivity contribution in [2.75, 3.05) is 19.4 Å². The maximum Gasteiger partial charge on any atom is 0.357 e. The molecule has 0 unspecified atom stereocenters. The Labute approximate surface area is 123 Å². The van der Waals surface area contributed by atoms with E-state index < -0.39 is 0 Å². The van der Waals surface area contributed by atoms with Crippen LogP contribution in [0.15, 0.2) is 0 Å². The number of aromatic nitrogens is 2. The van der Waals surface area contributed by atoms with Crippen molar-refractivity contribution in [1.29, 1.82) is 0 Å². The molecule has 2 heterocycles. The Morgan fingerprint density at radius 2 is 2.25 bits per heavy atom. The number of carbonyl (C=O) groups excluding carboxylic acids is 1. The van der Waals surface area contributed by atoms with Crippen LogP contribution in [0.3, 0.4) is 0 Å². The molecule has 0 saturated heterocycles. The van der Waals surface area contributed by atoms with Gasteiger partial charge in [-0.05, 0) is 11.7 Å². The minimum atomic E-state index is -0.373. The van der Waals surface area contributed by atoms with E-state index in [0.29, 0.717) is 18.2 Å². The Balaban J connectivity index is 2.23. The van der Waals surface area contributed by atoms with Crippen LogP contribution in [0.5, 0.6) is 0 Å². The molecule has 0 fully saturated rings. The van der Waals surface area contributed by atoms with Gasteiger partial charge in [-0.3, -0.25) is 0 Å². The Kier molecular flexibility index (Phi) is 5.37. The molecule has 0 saturated carbocycles. The predicted octanol–water partition coefficient (Wildman–Crippen LogP) is 1.80. The Morgan fingerprint density at radius 3 is 2.95 bits per heavy atom. The number of carbonyl (C=O) groups is 1. The van der Waals surface area contributed by atoms with Gasteiger partial charge in [0.05, 0.1) is 18.6 Å². The van der Waals surface area contributed by atoms with Crippen LogP contribution in [-0.2, 0) is 23.5 Å². The highest BCUT2D eigenvalue weighted by molar-refractivity contribution is 7.98. The van der Waals surface area contributed by atoms with Crippen molar-refractivity contribution in [3.8, 4) is 0 Å². The number of fused-ring (bicyclic) bond motifs is 1. The molecule has 1 aromatic rings. The standard InChI is InChI=1S/C14H21N3O2S/c1-9(2)7-20-8-12-16-11-4-5-15-6-10(11)13(17-12)14(18)19-3/h9,15H,4-8H2,1-3H3. The molecule has 0 aliphatic carbocycles. The quantitative estimate of drug-likeness (QED) is 0.836. The summed E-state index contributed by atoms with van der Waals surface area (Å²) in [5.41, 5.74) is 2.30. The Morgan fingerprint density at radius 1 is 1.45 bits per heavy atom. The van der Waals surface area contributed by atoms with Crippen LogP contribution in [0.4, 0.5) is 0 Å². The van der Waals surface area contributed by atoms with E-state index in [4.69, 9.17) is 4.74 Å². The lowest BCUT2D eigenvalue weighted by molar-refractivity contribution is 0.0591. The van der Waals surface area contributed by atoms with E-state index in [1.165, 1.54) is 7.11 Å². The Bertz CT molecular complexity index is 492. The molecule has 0 amide bonds. The first kappa shape index (κ1) is 15.3. The summed E-state index contributed by atoms with van der Waals surface area (Å²) < 4.78 is 4.84. The lowest BCUT2D eigenvalue weighted by Crippen LogP contribution is -2.28. The van der Waals surface area contributed by atoms with E-state index in [9.17, 15) is 4.79 Å². The van der Waals surface area contributed by atoms with Gasteiger partial charge in [0, 0.05) is 25.1 Å². The molecular formula is C14H21N3O2S. The Hall–Kier alpha value is -1.14. The highest BCUT2D eigenvalue weighted by atomic mass is 32.2. The second kappa shape index (κ2) is 7.04. The van der Waals surface area contributed by atoms with Gasteiger partial charge >= 0.3 is 5.97 Å². The summed E-state index contributed by atoms with van der Waals surface area (Å²) in [6.07, 6.45) is 0.837. The average Bonchev–Trinajstić information content (AvgIpc) is 2.45. The monoisotopic (exact) mass is 295 g/mol. The lowest BCUT2D eigenvalue weighted by atomic mass is 10.1. The highest BCUT2D eigenvalue weighted by Crippen LogP contribution is 2.19. The van der Waals surface area contributed by atoms with Crippen molar-refractivity contribution in [3.63, 3.8) is 0 Å². The first-order valence-electron chi connectivity index (χ1n) is 6.87. The van der Waals surface area contributed by atoms with Crippen LogP contribution in [0.1, 0.15) is 41.4 Å². The number of nitrogens with zero attached hydrogens (tertiary/aromatic N) is 2. The van der Waals surface area contributed by atoms with Gasteiger partial charge in [-0.25, -0.2) is 14.8 Å². The second-order valence-corrected chi connectivity index (χ2v) is 6.27. The molecular weight excluding hydrogens is 274 g/mol. The zero-order valence-electron chi connectivity index (χ0n) is 12.2. The fourth-order valence-electron chi connectivity index (χ4n) is 2.11. The third-order valence-electron chi connectivity index (χ3n) is 3.04. The number of hydrogen-bond donors (Lipinski definition) is 1. The molecule has 1 aliphatic rings. The van der Waals surface area contributed by atoms with Crippen LogP contribution in [0.2, 0.25) is 0 Å². The van der Waals surface area contributed by atoms with E-state index in [0.717, 1.165) is 41.6 Å². The first-order chi connectivity index (χ1) is 9.61. The number of hydrogen-bond acceptors (Lipinski definition) is 6. The molecule has 6 heteroatoms. The number of methoxy groups -OCH3 is 1. The summed E-state index contributed by atoms with van der Waals surface area (Å²) in [5, 5.41) is 3.24. The topological polar surface area (TPSA) is 64.1 Å². The number of ether oxygens (including phenoxy) is 1. The molecule has 0 atom stereocenters. The SMILES string of the molecule is COC(=O)c1nc(CSCC(C)C)nc2c1CNCC2. The predicted molar refractivity (Wildman–Crippen MR) is 79.8 cm³/mol. The van der Waals surface area contributed by atoms with Gasteiger partial charge < -0.3 is 10.1 Å². The normalized spacial score (nSPS) is 14.2. The molecule has 0 spiro atoms. The van der Waals surface area contributed by atoms with Gasteiger partial charge in [0.25, 0.3) is 0 Å². The summed E-state index contributed by atoms with van der Waals surface area (Å²) in [7, 11) is 1.39. The number of nitrogens with one attached hydrogen (secondary N) is 1. The third-order valence-corrected chi connectivity index (χ3v) is 4.41. The summed E-state index contributed by atoms with van der Waals surface area (Å²) in [6.45, 7) is 5.90. The van der Waals surface area contributed by atoms with E-state index in [1.807, 2.05) is 0 Å². The van der Waals surface area contributed by atoms with Crippen molar-refractivity contribution in [2.45, 2.75) is 32.6 Å². The number of thioether (sulfide) groups is 1. The maximum atomic E-state index is 11.9. The summed E-state index contributed by atoms with van der Waals surface area (Å²) in [4.78, 5) is 20.9. The smallest absolute Gasteiger partial charge is 0.357 e. The largest absolute Gasteiger partial charge is 0.464 e. The van der Waals surface area contributed by atoms with Crippen molar-refractivity contribution in [3.05, 3.63) is 22.8 Å². The van der Waals surface area contributed by atoms with Gasteiger partial charge in [-0.15, -0.1) is 0 Å². The van der Waals surface area contributed by atoms with Gasteiger partial charge in [0.2, 0.25) is 0 Å². The highest BCUT2D eigenvalue weighted by Gasteiger charge is 2.22. The van der Waals surface area contributed by atoms with Crippen LogP contribution in [-0.4, -0.2) is 35.3 Å². The molecule has 0 aromatic carbocycles. The molecule has 1 N–H and O–H groups in total. The molecule has 1 aromatic heterocycles. The molecule has 5 nitrogen and oxygen atoms in total. The molecule has 0 radical (unpaired) electrons. The second-order valence-electron chi connectivity index (χ2n) is 5.24. The fourth-order valence-corrected chi connectivity index (χ4v) is 3.01. The zero-order valence-corrected chi connectivity index (χ0v) is 13.0. The van der Waals surface area contributed by atoms with E-state index in [2.05, 4.69) is 29.1 Å². The van der Waals surface area contributed by atoms with Gasteiger partial charge in [-0.2, -0.15) is 11.8 Å². The van der Waals surface area contributed by atoms with E-state index >= 15 is 0 Å². The molecule has 0 bridgehead atoms. The van der Waals surface area contributed by atoms with Crippen LogP contribution < -0.4 is 5.32 Å². The zero-order chi connectivity index (χ0) is 14.5. The van der Waals surface area contributed by atoms with Gasteiger partial charge in [0.15, 0.2) is 5.69 Å². The first-order valence-corrected chi connectivity index (χ1v) is 8.02. The summed E-state index contributed by atoms with van der Waals surface area (Å²) in [5.74, 6) is 2.80. The van der Waals surface area contributed by atoms with Crippen molar-refractivity contribution >= 4 is 17.7 Å². The third kappa shape index (κ3) is 3.70. The van der Waals surface area contributed by atoms with Crippen molar-refractivity contribution < 1.29 is 9.53 Å². The van der Waals surface area contributed by atoms with Crippen molar-refractivity contribution in [1.82, 2.24) is 15.3 Å². The van der Waals surface area contributed by atoms with Crippen LogP contribution in [0.25, 0.3) is 0 Å². The average molecular weight is 295 g/mol. The minimum Gasteiger partial charge on any atom is -0.464 e. The summed E-state index contributed by atoms with van der Waals surface area (Å²) in [6, 6.07) is 0. The van der Waals surface area contributed by atoms with Gasteiger partial charge in [0.1, 0.15) is 5.82 Å². The molecule has 1 aliphatic heterocycles. The van der Waals surface area contributed by atoms with Crippen LogP contribution in [0, 0.1) is 5.92 Å². The number of rotatable bonds is 5. The molecule has 2 rings (SSSR count). The van der Waals surface area contributed by atoms with E-state index in [1.54, 1.807) is 11.8 Å². The maximum absolute atomic E-state index is 11.9. The lowest BCUT2D eigenvalue weighted by Gasteiger charge is -2.19. The fraction of sp³-hybridized carbons (Fsp3) is 0.643. The summed E-state index contributed by atoms with van der Waals surface area (Å²) >= 11 is 1.80. The van der Waals surface area contributed by atoms with Crippen molar-refractivity contribution in [2.24, 2.45) is 5.92 Å². The van der Waals surface area contributed by atoms with E-state index in [-0.39, 0.29) is 5.97 Å².